The first-order valence-electron chi connectivity index (χ1n) is 9.02. The van der Waals surface area contributed by atoms with E-state index in [-0.39, 0.29) is 17.6 Å². The van der Waals surface area contributed by atoms with Crippen LogP contribution in [-0.4, -0.2) is 54.9 Å². The molecule has 0 aliphatic carbocycles. The van der Waals surface area contributed by atoms with E-state index in [2.05, 4.69) is 0 Å². The third-order valence-electron chi connectivity index (χ3n) is 4.78. The number of rotatable bonds is 5. The minimum atomic E-state index is -0.276. The lowest BCUT2D eigenvalue weighted by atomic mass is 10.1. The molecule has 0 unspecified atom stereocenters. The van der Waals surface area contributed by atoms with Gasteiger partial charge in [0.15, 0.2) is 0 Å². The Bertz CT molecular complexity index is 799. The van der Waals surface area contributed by atoms with Gasteiger partial charge in [-0.15, -0.1) is 0 Å². The predicted octanol–water partition coefficient (Wildman–Crippen LogP) is 2.75. The number of amides is 2. The summed E-state index contributed by atoms with van der Waals surface area (Å²) in [6, 6.07) is 13.3. The van der Waals surface area contributed by atoms with E-state index in [0.717, 1.165) is 5.56 Å². The number of ether oxygens (including phenoxy) is 1. The van der Waals surface area contributed by atoms with E-state index < -0.39 is 0 Å². The van der Waals surface area contributed by atoms with Crippen LogP contribution >= 0.6 is 0 Å². The van der Waals surface area contributed by atoms with Crippen LogP contribution < -0.4 is 4.74 Å². The largest absolute Gasteiger partial charge is 0.497 e. The van der Waals surface area contributed by atoms with Crippen molar-refractivity contribution in [2.24, 2.45) is 0 Å². The fraction of sp³-hybridized carbons (Fsp3) is 0.333. The van der Waals surface area contributed by atoms with Crippen LogP contribution in [0.1, 0.15) is 22.3 Å². The summed E-state index contributed by atoms with van der Waals surface area (Å²) in [5, 5.41) is 0. The van der Waals surface area contributed by atoms with Gasteiger partial charge in [-0.3, -0.25) is 9.59 Å². The summed E-state index contributed by atoms with van der Waals surface area (Å²) in [6.07, 6.45) is 0.970. The van der Waals surface area contributed by atoms with Crippen LogP contribution in [0.15, 0.2) is 48.5 Å². The second kappa shape index (κ2) is 8.66. The van der Waals surface area contributed by atoms with Crippen molar-refractivity contribution in [3.05, 3.63) is 65.5 Å². The van der Waals surface area contributed by atoms with E-state index >= 15 is 0 Å². The molecule has 3 rings (SSSR count). The van der Waals surface area contributed by atoms with Crippen molar-refractivity contribution < 1.29 is 18.7 Å². The number of hydrogen-bond donors (Lipinski definition) is 0. The van der Waals surface area contributed by atoms with Gasteiger partial charge >= 0.3 is 0 Å². The van der Waals surface area contributed by atoms with Gasteiger partial charge in [0.2, 0.25) is 5.91 Å². The van der Waals surface area contributed by atoms with Crippen molar-refractivity contribution in [3.63, 3.8) is 0 Å². The topological polar surface area (TPSA) is 49.9 Å². The lowest BCUT2D eigenvalue weighted by Gasteiger charge is -2.35. The van der Waals surface area contributed by atoms with Gasteiger partial charge in [0.25, 0.3) is 5.91 Å². The van der Waals surface area contributed by atoms with Gasteiger partial charge in [-0.05, 0) is 42.3 Å². The molecule has 142 valence electrons. The van der Waals surface area contributed by atoms with Crippen molar-refractivity contribution >= 4 is 11.8 Å². The molecule has 27 heavy (non-hydrogen) atoms. The zero-order chi connectivity index (χ0) is 19.2. The Balaban J connectivity index is 1.49. The van der Waals surface area contributed by atoms with Gasteiger partial charge in [-0.2, -0.15) is 0 Å². The average Bonchev–Trinajstić information content (AvgIpc) is 2.72. The highest BCUT2D eigenvalue weighted by Gasteiger charge is 2.24. The van der Waals surface area contributed by atoms with Crippen LogP contribution in [0.5, 0.6) is 5.75 Å². The first kappa shape index (κ1) is 18.9. The highest BCUT2D eigenvalue weighted by atomic mass is 19.1. The zero-order valence-corrected chi connectivity index (χ0v) is 15.4. The van der Waals surface area contributed by atoms with Gasteiger partial charge < -0.3 is 14.5 Å². The maximum absolute atomic E-state index is 12.9. The third kappa shape index (κ3) is 4.84. The van der Waals surface area contributed by atoms with Gasteiger partial charge in [0, 0.05) is 38.2 Å². The Hall–Kier alpha value is -2.89. The maximum Gasteiger partial charge on any atom is 0.254 e. The predicted molar refractivity (Wildman–Crippen MR) is 100 cm³/mol. The quantitative estimate of drug-likeness (QED) is 0.813. The molecule has 0 bridgehead atoms. The number of carbonyl (C=O) groups excluding carboxylic acids is 2. The molecule has 0 aromatic heterocycles. The van der Waals surface area contributed by atoms with Crippen molar-refractivity contribution in [2.75, 3.05) is 33.3 Å². The maximum atomic E-state index is 12.9. The minimum Gasteiger partial charge on any atom is -0.497 e. The number of hydrogen-bond acceptors (Lipinski definition) is 3. The Morgan fingerprint density at radius 3 is 2.33 bits per heavy atom. The summed E-state index contributed by atoms with van der Waals surface area (Å²) >= 11 is 0. The van der Waals surface area contributed by atoms with Crippen molar-refractivity contribution in [3.8, 4) is 5.75 Å². The SMILES string of the molecule is COc1cccc(C(=O)N2CCN(C(=O)CCc3ccc(F)cc3)CC2)c1. The van der Waals surface area contributed by atoms with Crippen molar-refractivity contribution in [1.29, 1.82) is 0 Å². The van der Waals surface area contributed by atoms with Crippen LogP contribution in [0, 0.1) is 5.82 Å². The lowest BCUT2D eigenvalue weighted by molar-refractivity contribution is -0.132. The molecule has 0 radical (unpaired) electrons. The first-order chi connectivity index (χ1) is 13.1. The molecule has 1 fully saturated rings. The molecular formula is C21H23FN2O3. The number of nitrogens with zero attached hydrogens (tertiary/aromatic N) is 2. The summed E-state index contributed by atoms with van der Waals surface area (Å²) in [5.74, 6) is 0.387. The fourth-order valence-corrected chi connectivity index (χ4v) is 3.16. The zero-order valence-electron chi connectivity index (χ0n) is 15.4. The molecule has 0 spiro atoms. The fourth-order valence-electron chi connectivity index (χ4n) is 3.16. The summed E-state index contributed by atoms with van der Waals surface area (Å²) in [7, 11) is 1.57. The van der Waals surface area contributed by atoms with Gasteiger partial charge in [0.05, 0.1) is 7.11 Å². The Morgan fingerprint density at radius 2 is 1.67 bits per heavy atom. The smallest absolute Gasteiger partial charge is 0.254 e. The third-order valence-corrected chi connectivity index (χ3v) is 4.78. The number of halogens is 1. The molecule has 6 heteroatoms. The highest BCUT2D eigenvalue weighted by molar-refractivity contribution is 5.94. The molecule has 1 heterocycles. The van der Waals surface area contributed by atoms with E-state index in [1.165, 1.54) is 12.1 Å². The first-order valence-corrected chi connectivity index (χ1v) is 9.02. The molecule has 0 saturated carbocycles. The summed E-state index contributed by atoms with van der Waals surface area (Å²) < 4.78 is 18.1. The minimum absolute atomic E-state index is 0.0488. The van der Waals surface area contributed by atoms with Crippen molar-refractivity contribution in [1.82, 2.24) is 9.80 Å². The summed E-state index contributed by atoms with van der Waals surface area (Å²) in [5.41, 5.74) is 1.53. The normalized spacial score (nSPS) is 14.1. The highest BCUT2D eigenvalue weighted by Crippen LogP contribution is 2.16. The molecule has 2 aromatic rings. The molecule has 0 atom stereocenters. The van der Waals surface area contributed by atoms with Crippen LogP contribution in [0.4, 0.5) is 4.39 Å². The monoisotopic (exact) mass is 370 g/mol. The van der Waals surface area contributed by atoms with Crippen LogP contribution in [-0.2, 0) is 11.2 Å². The van der Waals surface area contributed by atoms with Crippen LogP contribution in [0.3, 0.4) is 0 Å². The number of aryl methyl sites for hydroxylation is 1. The van der Waals surface area contributed by atoms with Crippen LogP contribution in [0.25, 0.3) is 0 Å². The van der Waals surface area contributed by atoms with E-state index in [0.29, 0.717) is 50.3 Å². The molecular weight excluding hydrogens is 347 g/mol. The number of carbonyl (C=O) groups is 2. The van der Waals surface area contributed by atoms with E-state index in [1.807, 2.05) is 0 Å². The molecule has 1 aliphatic rings. The number of benzene rings is 2. The lowest BCUT2D eigenvalue weighted by Crippen LogP contribution is -2.50. The molecule has 5 nitrogen and oxygen atoms in total. The Kier molecular flexibility index (Phi) is 6.06. The standard InChI is InChI=1S/C21H23FN2O3/c1-27-19-4-2-3-17(15-19)21(26)24-13-11-23(12-14-24)20(25)10-7-16-5-8-18(22)9-6-16/h2-6,8-9,15H,7,10-14H2,1H3. The number of piperazine rings is 1. The molecule has 0 N–H and O–H groups in total. The Labute approximate surface area is 158 Å². The van der Waals surface area contributed by atoms with Crippen LogP contribution in [0.2, 0.25) is 0 Å². The summed E-state index contributed by atoms with van der Waals surface area (Å²) in [4.78, 5) is 28.6. The number of methoxy groups -OCH3 is 1. The van der Waals surface area contributed by atoms with Gasteiger partial charge in [-0.1, -0.05) is 18.2 Å². The molecule has 1 aliphatic heterocycles. The second-order valence-electron chi connectivity index (χ2n) is 6.53. The molecule has 1 saturated heterocycles. The van der Waals surface area contributed by atoms with Gasteiger partial charge in [-0.25, -0.2) is 4.39 Å². The second-order valence-corrected chi connectivity index (χ2v) is 6.53. The van der Waals surface area contributed by atoms with E-state index in [9.17, 15) is 14.0 Å². The summed E-state index contributed by atoms with van der Waals surface area (Å²) in [6.45, 7) is 2.08. The van der Waals surface area contributed by atoms with Crippen molar-refractivity contribution in [2.45, 2.75) is 12.8 Å². The molecule has 2 amide bonds. The average molecular weight is 370 g/mol. The Morgan fingerprint density at radius 1 is 1.00 bits per heavy atom. The molecule has 2 aromatic carbocycles. The van der Waals surface area contributed by atoms with E-state index in [4.69, 9.17) is 4.74 Å². The van der Waals surface area contributed by atoms with E-state index in [1.54, 1.807) is 53.3 Å². The van der Waals surface area contributed by atoms with Gasteiger partial charge in [0.1, 0.15) is 11.6 Å².